The predicted molar refractivity (Wildman–Crippen MR) is 73.6 cm³/mol. The van der Waals surface area contributed by atoms with Crippen molar-refractivity contribution in [2.45, 2.75) is 19.4 Å². The molecule has 0 bridgehead atoms. The minimum absolute atomic E-state index is 0.0734. The zero-order valence-electron chi connectivity index (χ0n) is 10.6. The van der Waals surface area contributed by atoms with E-state index in [1.807, 2.05) is 24.3 Å². The number of ketones is 1. The lowest BCUT2D eigenvalue weighted by atomic mass is 10.1. The average molecular weight is 266 g/mol. The summed E-state index contributed by atoms with van der Waals surface area (Å²) in [4.78, 5) is 12.1. The van der Waals surface area contributed by atoms with Gasteiger partial charge in [-0.15, -0.1) is 0 Å². The van der Waals surface area contributed by atoms with E-state index in [2.05, 4.69) is 6.92 Å². The van der Waals surface area contributed by atoms with Gasteiger partial charge in [-0.1, -0.05) is 6.92 Å². The van der Waals surface area contributed by atoms with Gasteiger partial charge in [-0.25, -0.2) is 0 Å². The SMILES string of the molecule is CCCOc1ccc(C(=O)C2CSCCO2)cc1. The van der Waals surface area contributed by atoms with Gasteiger partial charge in [-0.05, 0) is 30.7 Å². The van der Waals surface area contributed by atoms with E-state index in [9.17, 15) is 4.79 Å². The molecule has 1 fully saturated rings. The fraction of sp³-hybridized carbons (Fsp3) is 0.500. The van der Waals surface area contributed by atoms with Crippen molar-refractivity contribution in [1.82, 2.24) is 0 Å². The topological polar surface area (TPSA) is 35.5 Å². The van der Waals surface area contributed by atoms with Gasteiger partial charge in [0.2, 0.25) is 0 Å². The number of ether oxygens (including phenoxy) is 2. The summed E-state index contributed by atoms with van der Waals surface area (Å²) in [6.45, 7) is 3.43. The van der Waals surface area contributed by atoms with E-state index in [0.717, 1.165) is 23.7 Å². The van der Waals surface area contributed by atoms with Crippen LogP contribution in [0.2, 0.25) is 0 Å². The van der Waals surface area contributed by atoms with Crippen LogP contribution in [0.5, 0.6) is 5.75 Å². The molecule has 0 spiro atoms. The summed E-state index contributed by atoms with van der Waals surface area (Å²) in [7, 11) is 0. The molecule has 0 aliphatic carbocycles. The van der Waals surface area contributed by atoms with E-state index in [-0.39, 0.29) is 11.9 Å². The Bertz CT molecular complexity index is 383. The molecule has 4 heteroatoms. The van der Waals surface area contributed by atoms with Crippen LogP contribution >= 0.6 is 11.8 Å². The summed E-state index contributed by atoms with van der Waals surface area (Å²) >= 11 is 1.77. The van der Waals surface area contributed by atoms with Crippen molar-refractivity contribution >= 4 is 17.5 Å². The lowest BCUT2D eigenvalue weighted by Crippen LogP contribution is -2.31. The standard InChI is InChI=1S/C14H18O3S/c1-2-7-16-12-5-3-11(4-6-12)14(15)13-10-18-9-8-17-13/h3-6,13H,2,7-10H2,1H3. The van der Waals surface area contributed by atoms with Crippen LogP contribution in [0, 0.1) is 0 Å². The third-order valence-corrected chi connectivity index (χ3v) is 3.71. The van der Waals surface area contributed by atoms with E-state index in [0.29, 0.717) is 18.8 Å². The van der Waals surface area contributed by atoms with Crippen molar-refractivity contribution < 1.29 is 14.3 Å². The molecule has 18 heavy (non-hydrogen) atoms. The fourth-order valence-corrected chi connectivity index (χ4v) is 2.60. The highest BCUT2D eigenvalue weighted by Gasteiger charge is 2.23. The Morgan fingerprint density at radius 1 is 1.44 bits per heavy atom. The molecule has 98 valence electrons. The summed E-state index contributed by atoms with van der Waals surface area (Å²) < 4.78 is 11.0. The number of carbonyl (C=O) groups is 1. The molecular formula is C14H18O3S. The van der Waals surface area contributed by atoms with Crippen molar-refractivity contribution in [3.05, 3.63) is 29.8 Å². The zero-order valence-corrected chi connectivity index (χ0v) is 11.4. The maximum Gasteiger partial charge on any atom is 0.192 e. The fourth-order valence-electron chi connectivity index (χ4n) is 1.76. The molecule has 1 aliphatic heterocycles. The first-order chi connectivity index (χ1) is 8.81. The smallest absolute Gasteiger partial charge is 0.192 e. The van der Waals surface area contributed by atoms with Gasteiger partial charge in [0, 0.05) is 17.1 Å². The molecule has 0 N–H and O–H groups in total. The molecule has 0 saturated carbocycles. The number of Topliss-reactive ketones (excluding diaryl/α,β-unsaturated/α-hetero) is 1. The van der Waals surface area contributed by atoms with Crippen molar-refractivity contribution in [2.75, 3.05) is 24.7 Å². The monoisotopic (exact) mass is 266 g/mol. The summed E-state index contributed by atoms with van der Waals surface area (Å²) in [5, 5.41) is 0. The van der Waals surface area contributed by atoms with Crippen LogP contribution in [0.4, 0.5) is 0 Å². The molecule has 1 atom stereocenters. The van der Waals surface area contributed by atoms with Gasteiger partial charge in [0.1, 0.15) is 11.9 Å². The molecule has 0 amide bonds. The van der Waals surface area contributed by atoms with E-state index < -0.39 is 0 Å². The van der Waals surface area contributed by atoms with Gasteiger partial charge in [0.25, 0.3) is 0 Å². The largest absolute Gasteiger partial charge is 0.494 e. The molecule has 0 radical (unpaired) electrons. The molecule has 0 aromatic heterocycles. The van der Waals surface area contributed by atoms with Crippen molar-refractivity contribution in [3.8, 4) is 5.75 Å². The second-order valence-electron chi connectivity index (χ2n) is 4.17. The number of hydrogen-bond acceptors (Lipinski definition) is 4. The van der Waals surface area contributed by atoms with E-state index in [4.69, 9.17) is 9.47 Å². The van der Waals surface area contributed by atoms with Gasteiger partial charge in [0.05, 0.1) is 13.2 Å². The Kier molecular flexibility index (Phi) is 5.08. The van der Waals surface area contributed by atoms with E-state index >= 15 is 0 Å². The Morgan fingerprint density at radius 2 is 2.22 bits per heavy atom. The third kappa shape index (κ3) is 3.50. The maximum atomic E-state index is 12.1. The Balaban J connectivity index is 1.97. The highest BCUT2D eigenvalue weighted by atomic mass is 32.2. The van der Waals surface area contributed by atoms with Crippen LogP contribution in [-0.4, -0.2) is 36.6 Å². The first-order valence-corrected chi connectivity index (χ1v) is 7.43. The van der Waals surface area contributed by atoms with Crippen molar-refractivity contribution in [1.29, 1.82) is 0 Å². The summed E-state index contributed by atoms with van der Waals surface area (Å²) in [6, 6.07) is 7.32. The number of carbonyl (C=O) groups excluding carboxylic acids is 1. The normalized spacial score (nSPS) is 19.5. The molecule has 1 saturated heterocycles. The summed E-state index contributed by atoms with van der Waals surface area (Å²) in [5.41, 5.74) is 0.700. The molecule has 1 aromatic rings. The van der Waals surface area contributed by atoms with Crippen LogP contribution < -0.4 is 4.74 Å². The van der Waals surface area contributed by atoms with Crippen LogP contribution in [0.3, 0.4) is 0 Å². The Hall–Kier alpha value is -1.00. The molecule has 1 heterocycles. The second kappa shape index (κ2) is 6.81. The highest BCUT2D eigenvalue weighted by molar-refractivity contribution is 7.99. The van der Waals surface area contributed by atoms with Gasteiger partial charge in [-0.3, -0.25) is 4.79 Å². The number of hydrogen-bond donors (Lipinski definition) is 0. The lowest BCUT2D eigenvalue weighted by Gasteiger charge is -2.21. The molecule has 3 nitrogen and oxygen atoms in total. The van der Waals surface area contributed by atoms with E-state index in [1.54, 1.807) is 11.8 Å². The molecule has 1 unspecified atom stereocenters. The van der Waals surface area contributed by atoms with Crippen molar-refractivity contribution in [2.24, 2.45) is 0 Å². The first-order valence-electron chi connectivity index (χ1n) is 6.27. The number of thioether (sulfide) groups is 1. The van der Waals surface area contributed by atoms with Crippen LogP contribution in [0.1, 0.15) is 23.7 Å². The Morgan fingerprint density at radius 3 is 2.83 bits per heavy atom. The highest BCUT2D eigenvalue weighted by Crippen LogP contribution is 2.19. The average Bonchev–Trinajstić information content (AvgIpc) is 2.46. The zero-order chi connectivity index (χ0) is 12.8. The quantitative estimate of drug-likeness (QED) is 0.768. The minimum atomic E-state index is -0.286. The number of benzene rings is 1. The van der Waals surface area contributed by atoms with Crippen LogP contribution in [0.25, 0.3) is 0 Å². The molecule has 1 aliphatic rings. The van der Waals surface area contributed by atoms with Gasteiger partial charge in [-0.2, -0.15) is 11.8 Å². The second-order valence-corrected chi connectivity index (χ2v) is 5.32. The van der Waals surface area contributed by atoms with E-state index in [1.165, 1.54) is 0 Å². The predicted octanol–water partition coefficient (Wildman–Crippen LogP) is 2.79. The molecule has 1 aromatic carbocycles. The van der Waals surface area contributed by atoms with Gasteiger partial charge < -0.3 is 9.47 Å². The molecule has 2 rings (SSSR count). The third-order valence-electron chi connectivity index (χ3n) is 2.72. The first kappa shape index (κ1) is 13.4. The lowest BCUT2D eigenvalue weighted by molar-refractivity contribution is 0.0519. The number of rotatable bonds is 5. The summed E-state index contributed by atoms with van der Waals surface area (Å²) in [5.74, 6) is 2.62. The maximum absolute atomic E-state index is 12.1. The molecular weight excluding hydrogens is 248 g/mol. The minimum Gasteiger partial charge on any atom is -0.494 e. The van der Waals surface area contributed by atoms with Crippen LogP contribution in [0.15, 0.2) is 24.3 Å². The van der Waals surface area contributed by atoms with Gasteiger partial charge in [0.15, 0.2) is 5.78 Å². The van der Waals surface area contributed by atoms with Crippen LogP contribution in [-0.2, 0) is 4.74 Å². The van der Waals surface area contributed by atoms with Crippen molar-refractivity contribution in [3.63, 3.8) is 0 Å². The van der Waals surface area contributed by atoms with Gasteiger partial charge >= 0.3 is 0 Å². The summed E-state index contributed by atoms with van der Waals surface area (Å²) in [6.07, 6.45) is 0.694. The Labute approximate surface area is 112 Å².